The summed E-state index contributed by atoms with van der Waals surface area (Å²) >= 11 is 6.92. The van der Waals surface area contributed by atoms with Crippen LogP contribution in [-0.2, 0) is 5.41 Å². The van der Waals surface area contributed by atoms with Crippen LogP contribution in [0.3, 0.4) is 0 Å². The average molecular weight is 428 g/mol. The molecule has 4 rings (SSSR count). The molecule has 0 unspecified atom stereocenters. The number of rotatable bonds is 3. The summed E-state index contributed by atoms with van der Waals surface area (Å²) in [6, 6.07) is 8.90. The Balaban J connectivity index is 1.73. The number of benzene rings is 1. The third-order valence-electron chi connectivity index (χ3n) is 4.40. The Morgan fingerprint density at radius 1 is 1.28 bits per heavy atom. The Labute approximate surface area is 175 Å². The fraction of sp³-hybridized carbons (Fsp3) is 0.200. The lowest BCUT2D eigenvalue weighted by Gasteiger charge is -2.17. The molecular weight excluding hydrogens is 410 g/mol. The van der Waals surface area contributed by atoms with Crippen LogP contribution < -0.4 is 10.9 Å². The van der Waals surface area contributed by atoms with Gasteiger partial charge in [0.1, 0.15) is 4.88 Å². The Morgan fingerprint density at radius 3 is 2.76 bits per heavy atom. The zero-order valence-corrected chi connectivity index (χ0v) is 17.6. The third-order valence-corrected chi connectivity index (χ3v) is 5.51. The highest BCUT2D eigenvalue weighted by Gasteiger charge is 2.19. The molecule has 2 N–H and O–H groups in total. The minimum absolute atomic E-state index is 0.169. The number of anilines is 1. The minimum Gasteiger partial charge on any atom is -0.321 e. The second-order valence-electron chi connectivity index (χ2n) is 7.59. The Morgan fingerprint density at radius 2 is 2.07 bits per heavy atom. The van der Waals surface area contributed by atoms with Crippen LogP contribution in [0.4, 0.5) is 5.69 Å². The number of aromatic nitrogens is 4. The highest BCUT2D eigenvalue weighted by atomic mass is 35.5. The second-order valence-corrected chi connectivity index (χ2v) is 9.20. The number of H-pyrrole nitrogens is 1. The number of carbonyl (C=O) groups is 1. The van der Waals surface area contributed by atoms with Crippen LogP contribution in [0.25, 0.3) is 16.8 Å². The summed E-state index contributed by atoms with van der Waals surface area (Å²) in [7, 11) is 0. The van der Waals surface area contributed by atoms with Crippen LogP contribution in [0.5, 0.6) is 0 Å². The molecule has 29 heavy (non-hydrogen) atoms. The lowest BCUT2D eigenvalue weighted by atomic mass is 9.92. The summed E-state index contributed by atoms with van der Waals surface area (Å²) in [6.45, 7) is 6.04. The van der Waals surface area contributed by atoms with Gasteiger partial charge in [-0.15, -0.1) is 0 Å². The van der Waals surface area contributed by atoms with E-state index in [2.05, 4.69) is 15.4 Å². The molecule has 0 radical (unpaired) electrons. The minimum atomic E-state index is -0.283. The summed E-state index contributed by atoms with van der Waals surface area (Å²) in [5, 5.41) is 5.80. The molecule has 4 aromatic rings. The number of aromatic amines is 1. The molecule has 0 aliphatic heterocycles. The van der Waals surface area contributed by atoms with E-state index in [0.717, 1.165) is 28.2 Å². The van der Waals surface area contributed by atoms with Crippen molar-refractivity contribution in [3.8, 4) is 11.1 Å². The number of hydrogen-bond acceptors (Lipinski definition) is 5. The van der Waals surface area contributed by atoms with Crippen molar-refractivity contribution in [3.63, 3.8) is 0 Å². The number of nitrogens with zero attached hydrogens (tertiary/aromatic N) is 3. The van der Waals surface area contributed by atoms with Gasteiger partial charge in [-0.25, -0.2) is 14.5 Å². The van der Waals surface area contributed by atoms with Gasteiger partial charge < -0.3 is 5.32 Å². The van der Waals surface area contributed by atoms with Gasteiger partial charge >= 0.3 is 0 Å². The molecule has 0 saturated heterocycles. The topological polar surface area (TPSA) is 92.2 Å². The summed E-state index contributed by atoms with van der Waals surface area (Å²) in [6.07, 6.45) is 3.18. The van der Waals surface area contributed by atoms with Crippen LogP contribution >= 0.6 is 22.9 Å². The van der Waals surface area contributed by atoms with Crippen molar-refractivity contribution < 1.29 is 4.79 Å². The van der Waals surface area contributed by atoms with Gasteiger partial charge in [0.05, 0.1) is 11.9 Å². The van der Waals surface area contributed by atoms with Crippen molar-refractivity contribution in [2.45, 2.75) is 26.2 Å². The van der Waals surface area contributed by atoms with E-state index in [1.807, 2.05) is 39.0 Å². The first-order valence-corrected chi connectivity index (χ1v) is 10.1. The number of carbonyl (C=O) groups excluding carboxylic acids is 1. The van der Waals surface area contributed by atoms with E-state index in [1.165, 1.54) is 10.7 Å². The maximum Gasteiger partial charge on any atom is 0.272 e. The lowest BCUT2D eigenvalue weighted by molar-refractivity contribution is 0.103. The average Bonchev–Trinajstić information content (AvgIpc) is 3.28. The lowest BCUT2D eigenvalue weighted by Crippen LogP contribution is -2.22. The van der Waals surface area contributed by atoms with Crippen molar-refractivity contribution >= 4 is 40.2 Å². The standard InChI is InChI=1S/C20H18ClN5O2S/c1-20(2,3)15-8-16(27)26-17(25-15)13(9-23-26)11-5-4-6-12(7-11)24-18(28)14-10-22-19(21)29-14/h4-10,23H,1-3H3,(H,24,28). The molecule has 0 spiro atoms. The molecular formula is C20H18ClN5O2S. The zero-order chi connectivity index (χ0) is 20.8. The summed E-state index contributed by atoms with van der Waals surface area (Å²) in [5.41, 5.74) is 3.04. The van der Waals surface area contributed by atoms with Gasteiger partial charge in [0.15, 0.2) is 10.1 Å². The van der Waals surface area contributed by atoms with Crippen molar-refractivity contribution in [3.05, 3.63) is 68.1 Å². The molecule has 7 nitrogen and oxygen atoms in total. The van der Waals surface area contributed by atoms with Gasteiger partial charge in [-0.3, -0.25) is 14.7 Å². The molecule has 9 heteroatoms. The number of halogens is 1. The van der Waals surface area contributed by atoms with Gasteiger partial charge in [-0.05, 0) is 17.7 Å². The molecule has 1 aromatic carbocycles. The quantitative estimate of drug-likeness (QED) is 0.508. The largest absolute Gasteiger partial charge is 0.321 e. The van der Waals surface area contributed by atoms with Crippen LogP contribution in [0.15, 0.2) is 47.5 Å². The molecule has 0 fully saturated rings. The van der Waals surface area contributed by atoms with E-state index in [-0.39, 0.29) is 16.9 Å². The van der Waals surface area contributed by atoms with Crippen molar-refractivity contribution in [1.29, 1.82) is 0 Å². The van der Waals surface area contributed by atoms with Gasteiger partial charge in [-0.2, -0.15) is 0 Å². The van der Waals surface area contributed by atoms with E-state index in [0.29, 0.717) is 20.7 Å². The van der Waals surface area contributed by atoms with Crippen molar-refractivity contribution in [2.24, 2.45) is 0 Å². The highest BCUT2D eigenvalue weighted by molar-refractivity contribution is 7.17. The van der Waals surface area contributed by atoms with Gasteiger partial charge in [0.25, 0.3) is 11.5 Å². The van der Waals surface area contributed by atoms with Gasteiger partial charge in [-0.1, -0.05) is 55.8 Å². The highest BCUT2D eigenvalue weighted by Crippen LogP contribution is 2.28. The molecule has 0 aliphatic rings. The van der Waals surface area contributed by atoms with Crippen LogP contribution in [0.2, 0.25) is 4.47 Å². The normalized spacial score (nSPS) is 11.7. The fourth-order valence-corrected chi connectivity index (χ4v) is 3.73. The van der Waals surface area contributed by atoms with Crippen LogP contribution in [0.1, 0.15) is 36.1 Å². The summed E-state index contributed by atoms with van der Waals surface area (Å²) in [5.74, 6) is -0.283. The van der Waals surface area contributed by atoms with E-state index in [9.17, 15) is 9.59 Å². The molecule has 0 aliphatic carbocycles. The zero-order valence-electron chi connectivity index (χ0n) is 16.0. The number of nitrogens with one attached hydrogen (secondary N) is 2. The maximum absolute atomic E-state index is 12.5. The monoisotopic (exact) mass is 427 g/mol. The SMILES string of the molecule is CC(C)(C)c1cc(=O)n2[nH]cc(-c3cccc(NC(=O)c4cnc(Cl)s4)c3)c2n1. The Hall–Kier alpha value is -2.97. The first-order valence-electron chi connectivity index (χ1n) is 8.87. The van der Waals surface area contributed by atoms with Gasteiger partial charge in [0, 0.05) is 28.9 Å². The van der Waals surface area contributed by atoms with E-state index >= 15 is 0 Å². The predicted molar refractivity (Wildman–Crippen MR) is 115 cm³/mol. The van der Waals surface area contributed by atoms with Crippen molar-refractivity contribution in [2.75, 3.05) is 5.32 Å². The Kier molecular flexibility index (Phi) is 4.76. The number of fused-ring (bicyclic) bond motifs is 1. The second kappa shape index (κ2) is 7.13. The third kappa shape index (κ3) is 3.81. The number of thiazole rings is 1. The molecule has 3 heterocycles. The molecule has 1 amide bonds. The van der Waals surface area contributed by atoms with E-state index in [4.69, 9.17) is 16.6 Å². The van der Waals surface area contributed by atoms with Crippen LogP contribution in [0, 0.1) is 0 Å². The van der Waals surface area contributed by atoms with E-state index in [1.54, 1.807) is 18.3 Å². The number of amides is 1. The predicted octanol–water partition coefficient (Wildman–Crippen LogP) is 4.35. The first-order chi connectivity index (χ1) is 13.7. The molecule has 148 valence electrons. The fourth-order valence-electron chi connectivity index (χ4n) is 2.89. The maximum atomic E-state index is 12.5. The van der Waals surface area contributed by atoms with Gasteiger partial charge in [0.2, 0.25) is 0 Å². The first kappa shape index (κ1) is 19.4. The smallest absolute Gasteiger partial charge is 0.272 e. The van der Waals surface area contributed by atoms with Crippen LogP contribution in [-0.4, -0.2) is 25.5 Å². The summed E-state index contributed by atoms with van der Waals surface area (Å²) in [4.78, 5) is 33.9. The summed E-state index contributed by atoms with van der Waals surface area (Å²) < 4.78 is 1.73. The molecule has 0 saturated carbocycles. The van der Waals surface area contributed by atoms with Crippen molar-refractivity contribution in [1.82, 2.24) is 19.6 Å². The molecule has 3 aromatic heterocycles. The van der Waals surface area contributed by atoms with E-state index < -0.39 is 0 Å². The molecule has 0 bridgehead atoms. The molecule has 0 atom stereocenters. The number of hydrogen-bond donors (Lipinski definition) is 2. The Bertz CT molecular complexity index is 1280.